The van der Waals surface area contributed by atoms with Gasteiger partial charge in [0.1, 0.15) is 5.54 Å². The van der Waals surface area contributed by atoms with Crippen LogP contribution in [0, 0.1) is 18.8 Å². The van der Waals surface area contributed by atoms with E-state index in [1.165, 1.54) is 6.07 Å². The quantitative estimate of drug-likeness (QED) is 0.612. The molecule has 6 rings (SSSR count). The predicted octanol–water partition coefficient (Wildman–Crippen LogP) is 4.10. The second-order valence-corrected chi connectivity index (χ2v) is 9.76. The molecule has 4 aliphatic heterocycles. The highest BCUT2D eigenvalue weighted by molar-refractivity contribution is 6.32. The highest BCUT2D eigenvalue weighted by atomic mass is 35.5. The van der Waals surface area contributed by atoms with Gasteiger partial charge in [0, 0.05) is 17.3 Å². The molecule has 2 aromatic rings. The fourth-order valence-electron chi connectivity index (χ4n) is 6.44. The largest absolute Gasteiger partial charge is 0.417 e. The third-order valence-electron chi connectivity index (χ3n) is 7.66. The minimum absolute atomic E-state index is 0.191. The second-order valence-electron chi connectivity index (χ2n) is 9.35. The molecule has 0 bridgehead atoms. The van der Waals surface area contributed by atoms with Crippen LogP contribution in [-0.4, -0.2) is 35.2 Å². The smallest absolute Gasteiger partial charge is 0.324 e. The number of aryl methyl sites for hydroxylation is 1. The monoisotopic (exact) mass is 489 g/mol. The third kappa shape index (κ3) is 2.54. The van der Waals surface area contributed by atoms with Crippen LogP contribution in [-0.2, 0) is 26.1 Å². The van der Waals surface area contributed by atoms with Gasteiger partial charge >= 0.3 is 6.18 Å². The first-order valence-electron chi connectivity index (χ1n) is 11.0. The van der Waals surface area contributed by atoms with Crippen LogP contribution in [0.15, 0.2) is 36.4 Å². The van der Waals surface area contributed by atoms with E-state index in [2.05, 4.69) is 5.32 Å². The fourth-order valence-corrected chi connectivity index (χ4v) is 6.67. The minimum atomic E-state index is -4.75. The van der Waals surface area contributed by atoms with Gasteiger partial charge in [0.15, 0.2) is 0 Å². The van der Waals surface area contributed by atoms with Crippen LogP contribution in [0.1, 0.15) is 29.5 Å². The van der Waals surface area contributed by atoms with Gasteiger partial charge in [-0.1, -0.05) is 29.3 Å². The zero-order valence-electron chi connectivity index (χ0n) is 17.9. The molecule has 3 saturated heterocycles. The number of fused-ring (bicyclic) bond motifs is 7. The average molecular weight is 490 g/mol. The van der Waals surface area contributed by atoms with Crippen LogP contribution in [0.5, 0.6) is 0 Å². The molecule has 0 saturated carbocycles. The number of nitrogens with one attached hydrogen (secondary N) is 1. The van der Waals surface area contributed by atoms with Crippen molar-refractivity contribution in [2.24, 2.45) is 11.8 Å². The van der Waals surface area contributed by atoms with Crippen molar-refractivity contribution in [3.05, 3.63) is 58.1 Å². The number of hydrogen-bond donors (Lipinski definition) is 1. The topological polar surface area (TPSA) is 69.7 Å². The SMILES string of the molecule is Cc1ccc2c(c1)[C@]1(C(=O)N2)[C@@H]2C(=O)N(c3ccc(Cl)c(C(F)(F)F)c3)C(=O)[C@H]2[C@@H]2CCCN21. The Morgan fingerprint density at radius 2 is 1.85 bits per heavy atom. The lowest BCUT2D eigenvalue weighted by Crippen LogP contribution is -2.54. The number of nitrogens with zero attached hydrogens (tertiary/aromatic N) is 2. The van der Waals surface area contributed by atoms with Crippen molar-refractivity contribution in [2.45, 2.75) is 37.5 Å². The van der Waals surface area contributed by atoms with Gasteiger partial charge in [-0.05, 0) is 50.6 Å². The summed E-state index contributed by atoms with van der Waals surface area (Å²) in [6, 6.07) is 8.14. The average Bonchev–Trinajstić information content (AvgIpc) is 3.47. The van der Waals surface area contributed by atoms with Crippen LogP contribution in [0.25, 0.3) is 0 Å². The standard InChI is InChI=1S/C24H19ClF3N3O3/c1-11-4-7-16-14(9-11)23(22(34)29-16)19-18(17-3-2-8-30(17)23)20(32)31(21(19)33)12-5-6-15(25)13(10-12)24(26,27)28/h4-7,9-10,17-19H,2-3,8H2,1H3,(H,29,34)/t17-,18-,19-,23+/m0/s1. The lowest BCUT2D eigenvalue weighted by Gasteiger charge is -2.36. The van der Waals surface area contributed by atoms with Gasteiger partial charge in [0.25, 0.3) is 0 Å². The Morgan fingerprint density at radius 3 is 2.59 bits per heavy atom. The molecule has 4 heterocycles. The molecule has 4 aliphatic rings. The summed E-state index contributed by atoms with van der Waals surface area (Å²) in [7, 11) is 0. The molecule has 10 heteroatoms. The summed E-state index contributed by atoms with van der Waals surface area (Å²) < 4.78 is 40.4. The van der Waals surface area contributed by atoms with Gasteiger partial charge < -0.3 is 5.32 Å². The first-order chi connectivity index (χ1) is 16.1. The minimum Gasteiger partial charge on any atom is -0.324 e. The van der Waals surface area contributed by atoms with E-state index in [1.54, 1.807) is 6.07 Å². The van der Waals surface area contributed by atoms with Crippen molar-refractivity contribution in [3.63, 3.8) is 0 Å². The molecule has 1 spiro atoms. The maximum absolute atomic E-state index is 13.9. The van der Waals surface area contributed by atoms with Crippen molar-refractivity contribution in [3.8, 4) is 0 Å². The summed E-state index contributed by atoms with van der Waals surface area (Å²) >= 11 is 5.75. The molecule has 0 unspecified atom stereocenters. The molecule has 1 N–H and O–H groups in total. The number of carbonyl (C=O) groups excluding carboxylic acids is 3. The van der Waals surface area contributed by atoms with Crippen molar-refractivity contribution >= 4 is 40.7 Å². The number of anilines is 2. The molecule has 4 atom stereocenters. The number of carbonyl (C=O) groups is 3. The summed E-state index contributed by atoms with van der Waals surface area (Å²) in [6.45, 7) is 2.43. The van der Waals surface area contributed by atoms with Crippen molar-refractivity contribution in [1.82, 2.24) is 4.90 Å². The Labute approximate surface area is 197 Å². The molecule has 3 fully saturated rings. The van der Waals surface area contributed by atoms with Crippen molar-refractivity contribution < 1.29 is 27.6 Å². The maximum Gasteiger partial charge on any atom is 0.417 e. The fraction of sp³-hybridized carbons (Fsp3) is 0.375. The van der Waals surface area contributed by atoms with E-state index in [0.29, 0.717) is 24.2 Å². The van der Waals surface area contributed by atoms with E-state index < -0.39 is 46.0 Å². The van der Waals surface area contributed by atoms with Crippen LogP contribution in [0.4, 0.5) is 24.5 Å². The summed E-state index contributed by atoms with van der Waals surface area (Å²) in [4.78, 5) is 43.9. The van der Waals surface area contributed by atoms with Gasteiger partial charge in [-0.3, -0.25) is 19.3 Å². The van der Waals surface area contributed by atoms with Crippen LogP contribution >= 0.6 is 11.6 Å². The number of benzene rings is 2. The molecule has 3 amide bonds. The number of alkyl halides is 3. The van der Waals surface area contributed by atoms with E-state index in [9.17, 15) is 27.6 Å². The molecule has 0 aliphatic carbocycles. The molecular weight excluding hydrogens is 471 g/mol. The molecule has 0 aromatic heterocycles. The number of halogens is 4. The number of imide groups is 1. The Morgan fingerprint density at radius 1 is 1.09 bits per heavy atom. The summed E-state index contributed by atoms with van der Waals surface area (Å²) in [5.41, 5.74) is -0.549. The lowest BCUT2D eigenvalue weighted by atomic mass is 9.75. The highest BCUT2D eigenvalue weighted by Crippen LogP contribution is 2.60. The van der Waals surface area contributed by atoms with E-state index in [1.807, 2.05) is 24.0 Å². The third-order valence-corrected chi connectivity index (χ3v) is 7.99. The predicted molar refractivity (Wildman–Crippen MR) is 117 cm³/mol. The van der Waals surface area contributed by atoms with Crippen molar-refractivity contribution in [1.29, 1.82) is 0 Å². The zero-order valence-corrected chi connectivity index (χ0v) is 18.7. The lowest BCUT2D eigenvalue weighted by molar-refractivity contribution is -0.137. The zero-order chi connectivity index (χ0) is 24.2. The Bertz CT molecular complexity index is 1300. The van der Waals surface area contributed by atoms with E-state index in [0.717, 1.165) is 29.0 Å². The number of amides is 3. The summed E-state index contributed by atoms with van der Waals surface area (Å²) in [5, 5.41) is 2.36. The van der Waals surface area contributed by atoms with E-state index in [4.69, 9.17) is 11.6 Å². The molecule has 34 heavy (non-hydrogen) atoms. The Kier molecular flexibility index (Phi) is 4.34. The summed E-state index contributed by atoms with van der Waals surface area (Å²) in [5.74, 6) is -3.46. The van der Waals surface area contributed by atoms with Gasteiger partial charge in [-0.15, -0.1) is 0 Å². The summed E-state index contributed by atoms with van der Waals surface area (Å²) in [6.07, 6.45) is -3.37. The van der Waals surface area contributed by atoms with E-state index in [-0.39, 0.29) is 17.6 Å². The van der Waals surface area contributed by atoms with Crippen LogP contribution < -0.4 is 10.2 Å². The van der Waals surface area contributed by atoms with E-state index >= 15 is 0 Å². The molecule has 6 nitrogen and oxygen atoms in total. The molecule has 0 radical (unpaired) electrons. The van der Waals surface area contributed by atoms with Crippen molar-refractivity contribution in [2.75, 3.05) is 16.8 Å². The second kappa shape index (κ2) is 6.82. The molecule has 2 aromatic carbocycles. The maximum atomic E-state index is 13.9. The van der Waals surface area contributed by atoms with Gasteiger partial charge in [-0.25, -0.2) is 4.90 Å². The number of hydrogen-bond acceptors (Lipinski definition) is 4. The Balaban J connectivity index is 1.53. The van der Waals surface area contributed by atoms with Crippen LogP contribution in [0.3, 0.4) is 0 Å². The number of rotatable bonds is 1. The van der Waals surface area contributed by atoms with Gasteiger partial charge in [0.2, 0.25) is 17.7 Å². The van der Waals surface area contributed by atoms with Gasteiger partial charge in [0.05, 0.1) is 28.1 Å². The van der Waals surface area contributed by atoms with Crippen LogP contribution in [0.2, 0.25) is 5.02 Å². The molecule has 176 valence electrons. The first kappa shape index (κ1) is 21.6. The first-order valence-corrected chi connectivity index (χ1v) is 11.4. The molecular formula is C24H19ClF3N3O3. The Hall–Kier alpha value is -2.91. The highest BCUT2D eigenvalue weighted by Gasteiger charge is 2.74. The van der Waals surface area contributed by atoms with Gasteiger partial charge in [-0.2, -0.15) is 13.2 Å². The normalized spacial score (nSPS) is 30.2.